The van der Waals surface area contributed by atoms with Crippen molar-refractivity contribution in [3.63, 3.8) is 0 Å². The zero-order valence-corrected chi connectivity index (χ0v) is 14.8. The first-order chi connectivity index (χ1) is 12.9. The smallest absolute Gasteiger partial charge is 0.278 e. The monoisotopic (exact) mass is 372 g/mol. The fourth-order valence-corrected chi connectivity index (χ4v) is 3.09. The molecule has 0 spiro atoms. The summed E-state index contributed by atoms with van der Waals surface area (Å²) < 4.78 is 6.25. The minimum atomic E-state index is -0.596. The fourth-order valence-electron chi connectivity index (χ4n) is 3.09. The van der Waals surface area contributed by atoms with Crippen molar-refractivity contribution in [3.05, 3.63) is 46.4 Å². The third kappa shape index (κ3) is 3.62. The van der Waals surface area contributed by atoms with Gasteiger partial charge in [-0.15, -0.1) is 0 Å². The van der Waals surface area contributed by atoms with Gasteiger partial charge in [-0.05, 0) is 25.0 Å². The average Bonchev–Trinajstić information content (AvgIpc) is 2.67. The van der Waals surface area contributed by atoms with Crippen molar-refractivity contribution in [2.45, 2.75) is 12.8 Å². The summed E-state index contributed by atoms with van der Waals surface area (Å²) in [6.07, 6.45) is 0.905. The molecule has 142 valence electrons. The number of methoxy groups -OCH3 is 1. The van der Waals surface area contributed by atoms with Crippen LogP contribution in [0.4, 0.5) is 0 Å². The Bertz CT molecular complexity index is 932. The van der Waals surface area contributed by atoms with E-state index in [0.717, 1.165) is 10.7 Å². The van der Waals surface area contributed by atoms with E-state index in [1.165, 1.54) is 12.0 Å². The Hall–Kier alpha value is -3.36. The van der Waals surface area contributed by atoms with Crippen LogP contribution in [0.15, 0.2) is 35.1 Å². The number of nitrogens with zero attached hydrogens (tertiary/aromatic N) is 3. The molecule has 0 unspecified atom stereocenters. The summed E-state index contributed by atoms with van der Waals surface area (Å²) in [7, 11) is 1.46. The van der Waals surface area contributed by atoms with Crippen LogP contribution in [-0.2, 0) is 4.79 Å². The van der Waals surface area contributed by atoms with E-state index in [9.17, 15) is 19.5 Å². The first-order valence-electron chi connectivity index (χ1n) is 8.47. The summed E-state index contributed by atoms with van der Waals surface area (Å²) in [5.74, 6) is -1.25. The van der Waals surface area contributed by atoms with Gasteiger partial charge in [0, 0.05) is 25.1 Å². The first kappa shape index (κ1) is 18.4. The Balaban J connectivity index is 1.94. The van der Waals surface area contributed by atoms with Crippen molar-refractivity contribution in [1.82, 2.24) is 14.7 Å². The number of hydrogen-bond acceptors (Lipinski definition) is 6. The van der Waals surface area contributed by atoms with E-state index in [0.29, 0.717) is 37.4 Å². The minimum absolute atomic E-state index is 0.238. The molecular formula is C18H20N4O5. The molecule has 2 heterocycles. The van der Waals surface area contributed by atoms with E-state index in [-0.39, 0.29) is 17.5 Å². The molecule has 9 nitrogen and oxygen atoms in total. The Morgan fingerprint density at radius 3 is 2.56 bits per heavy atom. The van der Waals surface area contributed by atoms with Gasteiger partial charge in [0.25, 0.3) is 11.5 Å². The van der Waals surface area contributed by atoms with Crippen LogP contribution in [0.5, 0.6) is 11.5 Å². The quantitative estimate of drug-likeness (QED) is 0.794. The van der Waals surface area contributed by atoms with Crippen molar-refractivity contribution in [2.24, 2.45) is 11.7 Å². The zero-order valence-electron chi connectivity index (χ0n) is 14.8. The number of hydrogen-bond donors (Lipinski definition) is 2. The third-order valence-electron chi connectivity index (χ3n) is 4.61. The van der Waals surface area contributed by atoms with Gasteiger partial charge in [-0.25, -0.2) is 0 Å². The second-order valence-corrected chi connectivity index (χ2v) is 6.27. The van der Waals surface area contributed by atoms with Crippen LogP contribution < -0.4 is 16.0 Å². The molecular weight excluding hydrogens is 352 g/mol. The molecule has 0 aliphatic carbocycles. The van der Waals surface area contributed by atoms with Crippen LogP contribution in [0.2, 0.25) is 0 Å². The Labute approximate surface area is 155 Å². The predicted molar refractivity (Wildman–Crippen MR) is 95.9 cm³/mol. The third-order valence-corrected chi connectivity index (χ3v) is 4.61. The molecule has 9 heteroatoms. The Morgan fingerprint density at radius 2 is 1.93 bits per heavy atom. The largest absolute Gasteiger partial charge is 0.505 e. The van der Waals surface area contributed by atoms with Crippen molar-refractivity contribution in [1.29, 1.82) is 0 Å². The topological polar surface area (TPSA) is 128 Å². The number of para-hydroxylation sites is 2. The molecule has 1 saturated heterocycles. The lowest BCUT2D eigenvalue weighted by Gasteiger charge is -2.30. The highest BCUT2D eigenvalue weighted by molar-refractivity contribution is 5.94. The lowest BCUT2D eigenvalue weighted by molar-refractivity contribution is -0.123. The normalized spacial score (nSPS) is 14.8. The molecule has 1 aliphatic rings. The number of amides is 2. The van der Waals surface area contributed by atoms with Gasteiger partial charge in [0.15, 0.2) is 11.4 Å². The van der Waals surface area contributed by atoms with Gasteiger partial charge in [-0.2, -0.15) is 9.78 Å². The lowest BCUT2D eigenvalue weighted by Crippen LogP contribution is -2.42. The maximum Gasteiger partial charge on any atom is 0.278 e. The van der Waals surface area contributed by atoms with Crippen molar-refractivity contribution in [2.75, 3.05) is 20.2 Å². The summed E-state index contributed by atoms with van der Waals surface area (Å²) >= 11 is 0. The molecule has 1 aliphatic heterocycles. The van der Waals surface area contributed by atoms with Gasteiger partial charge in [-0.3, -0.25) is 14.4 Å². The molecule has 1 aromatic heterocycles. The molecule has 3 rings (SSSR count). The summed E-state index contributed by atoms with van der Waals surface area (Å²) in [5.41, 5.74) is 4.83. The number of rotatable bonds is 4. The minimum Gasteiger partial charge on any atom is -0.505 e. The number of aromatic hydroxyl groups is 1. The van der Waals surface area contributed by atoms with Crippen LogP contribution in [0, 0.1) is 5.92 Å². The number of primary amides is 1. The summed E-state index contributed by atoms with van der Waals surface area (Å²) in [6, 6.07) is 7.67. The van der Waals surface area contributed by atoms with E-state index in [2.05, 4.69) is 5.10 Å². The van der Waals surface area contributed by atoms with E-state index >= 15 is 0 Å². The van der Waals surface area contributed by atoms with Gasteiger partial charge in [0.2, 0.25) is 5.91 Å². The second-order valence-electron chi connectivity index (χ2n) is 6.27. The SMILES string of the molecule is COc1ccccc1-n1nc(C(=O)N2CCC(C(N)=O)CC2)c(O)cc1=O. The zero-order chi connectivity index (χ0) is 19.6. The molecule has 1 aromatic carbocycles. The summed E-state index contributed by atoms with van der Waals surface area (Å²) in [5, 5.41) is 14.2. The lowest BCUT2D eigenvalue weighted by atomic mass is 9.96. The molecule has 2 amide bonds. The molecule has 2 aromatic rings. The fraction of sp³-hybridized carbons (Fsp3) is 0.333. The van der Waals surface area contributed by atoms with Crippen LogP contribution in [-0.4, -0.2) is 51.8 Å². The number of likely N-dealkylation sites (tertiary alicyclic amines) is 1. The average molecular weight is 372 g/mol. The number of carbonyl (C=O) groups excluding carboxylic acids is 2. The number of nitrogens with two attached hydrogens (primary N) is 1. The number of benzene rings is 1. The van der Waals surface area contributed by atoms with E-state index in [1.807, 2.05) is 0 Å². The molecule has 0 radical (unpaired) electrons. The molecule has 0 saturated carbocycles. The number of piperidine rings is 1. The van der Waals surface area contributed by atoms with Gasteiger partial charge in [0.05, 0.1) is 7.11 Å². The van der Waals surface area contributed by atoms with Crippen LogP contribution in [0.25, 0.3) is 5.69 Å². The van der Waals surface area contributed by atoms with Gasteiger partial charge in [-0.1, -0.05) is 12.1 Å². The second kappa shape index (κ2) is 7.48. The number of aromatic nitrogens is 2. The summed E-state index contributed by atoms with van der Waals surface area (Å²) in [4.78, 5) is 37.8. The molecule has 0 bridgehead atoms. The highest BCUT2D eigenvalue weighted by Crippen LogP contribution is 2.23. The Morgan fingerprint density at radius 1 is 1.26 bits per heavy atom. The highest BCUT2D eigenvalue weighted by Gasteiger charge is 2.29. The van der Waals surface area contributed by atoms with E-state index < -0.39 is 17.2 Å². The molecule has 1 fully saturated rings. The van der Waals surface area contributed by atoms with Crippen LogP contribution in [0.1, 0.15) is 23.3 Å². The van der Waals surface area contributed by atoms with Crippen LogP contribution >= 0.6 is 0 Å². The van der Waals surface area contributed by atoms with Crippen molar-refractivity contribution >= 4 is 11.8 Å². The maximum absolute atomic E-state index is 12.8. The predicted octanol–water partition coefficient (Wildman–Crippen LogP) is 0.284. The maximum atomic E-state index is 12.8. The molecule has 3 N–H and O–H groups in total. The van der Waals surface area contributed by atoms with Gasteiger partial charge >= 0.3 is 0 Å². The highest BCUT2D eigenvalue weighted by atomic mass is 16.5. The van der Waals surface area contributed by atoms with Gasteiger partial charge in [0.1, 0.15) is 11.4 Å². The van der Waals surface area contributed by atoms with Gasteiger partial charge < -0.3 is 20.5 Å². The Kier molecular flexibility index (Phi) is 5.11. The van der Waals surface area contributed by atoms with Crippen molar-refractivity contribution in [3.8, 4) is 17.2 Å². The summed E-state index contributed by atoms with van der Waals surface area (Å²) in [6.45, 7) is 0.642. The van der Waals surface area contributed by atoms with Crippen molar-refractivity contribution < 1.29 is 19.4 Å². The van der Waals surface area contributed by atoms with Crippen LogP contribution in [0.3, 0.4) is 0 Å². The van der Waals surface area contributed by atoms with E-state index in [1.54, 1.807) is 24.3 Å². The number of carbonyl (C=O) groups is 2. The standard InChI is InChI=1S/C18H20N4O5/c1-27-14-5-3-2-4-12(14)22-15(24)10-13(23)16(20-22)18(26)21-8-6-11(7-9-21)17(19)25/h2-5,10-11,23H,6-9H2,1H3,(H2,19,25). The number of ether oxygens (including phenoxy) is 1. The molecule has 27 heavy (non-hydrogen) atoms. The van der Waals surface area contributed by atoms with E-state index in [4.69, 9.17) is 10.5 Å². The molecule has 0 atom stereocenters. The first-order valence-corrected chi connectivity index (χ1v) is 8.47.